The quantitative estimate of drug-likeness (QED) is 0.548. The van der Waals surface area contributed by atoms with Gasteiger partial charge in [0.25, 0.3) is 0 Å². The van der Waals surface area contributed by atoms with Gasteiger partial charge in [-0.15, -0.1) is 6.58 Å². The summed E-state index contributed by atoms with van der Waals surface area (Å²) in [6.45, 7) is 4.77. The molecule has 24 heavy (non-hydrogen) atoms. The van der Waals surface area contributed by atoms with E-state index >= 15 is 0 Å². The molecule has 1 fully saturated rings. The Morgan fingerprint density at radius 1 is 1.54 bits per heavy atom. The molecule has 0 saturated carbocycles. The molecule has 9 nitrogen and oxygen atoms in total. The summed E-state index contributed by atoms with van der Waals surface area (Å²) in [6.07, 6.45) is -4.34. The zero-order chi connectivity index (χ0) is 19.3. The number of nitrogens with zero attached hydrogens (tertiary/aromatic N) is 4. The van der Waals surface area contributed by atoms with E-state index in [0.29, 0.717) is 5.57 Å². The molecule has 3 heterocycles. The van der Waals surface area contributed by atoms with Crippen LogP contribution < -0.4 is 5.73 Å². The molecule has 5 N–H and O–H groups in total. The minimum Gasteiger partial charge on any atom is -0.394 e. The first-order valence-corrected chi connectivity index (χ1v) is 7.40. The van der Waals surface area contributed by atoms with Crippen LogP contribution in [0.15, 0.2) is 24.8 Å². The van der Waals surface area contributed by atoms with Crippen LogP contribution in [0.3, 0.4) is 0 Å². The van der Waals surface area contributed by atoms with Gasteiger partial charge in [-0.05, 0) is 19.8 Å². The van der Waals surface area contributed by atoms with E-state index in [1.54, 1.807) is 6.92 Å². The summed E-state index contributed by atoms with van der Waals surface area (Å²) in [6, 6.07) is 0. The fourth-order valence-corrected chi connectivity index (χ4v) is 2.67. The highest BCUT2D eigenvalue weighted by Crippen LogP contribution is 2.41. The Labute approximate surface area is 141 Å². The van der Waals surface area contributed by atoms with Crippen molar-refractivity contribution in [2.45, 2.75) is 43.8 Å². The van der Waals surface area contributed by atoms with E-state index in [1.165, 1.54) is 0 Å². The van der Waals surface area contributed by atoms with Crippen LogP contribution >= 0.6 is 0 Å². The van der Waals surface area contributed by atoms with Crippen molar-refractivity contribution < 1.29 is 22.8 Å². The van der Waals surface area contributed by atoms with Crippen LogP contribution in [0.1, 0.15) is 28.7 Å². The zero-order valence-corrected chi connectivity index (χ0v) is 13.2. The Bertz CT molecular complexity index is 860. The van der Waals surface area contributed by atoms with E-state index in [2.05, 4.69) is 21.5 Å². The molecule has 9 heteroatoms. The fourth-order valence-electron chi connectivity index (χ4n) is 2.67. The molecule has 1 aliphatic rings. The average Bonchev–Trinajstić information content (AvgIpc) is 3.08. The van der Waals surface area contributed by atoms with Crippen LogP contribution in [0.4, 0.5) is 5.82 Å². The van der Waals surface area contributed by atoms with Crippen molar-refractivity contribution in [2.75, 3.05) is 12.3 Å². The van der Waals surface area contributed by atoms with E-state index in [0.717, 1.165) is 17.2 Å². The van der Waals surface area contributed by atoms with Gasteiger partial charge in [-0.2, -0.15) is 0 Å². The number of nitrogen functional groups attached to an aromatic ring is 1. The molecule has 0 aromatic carbocycles. The van der Waals surface area contributed by atoms with E-state index in [1.807, 2.05) is 0 Å². The molecule has 0 radical (unpaired) electrons. The van der Waals surface area contributed by atoms with Crippen molar-refractivity contribution in [1.29, 1.82) is 0 Å². The van der Waals surface area contributed by atoms with Crippen molar-refractivity contribution in [2.24, 2.45) is 0 Å². The second-order valence-corrected chi connectivity index (χ2v) is 5.87. The Kier molecular flexibility index (Phi) is 3.63. The van der Waals surface area contributed by atoms with Gasteiger partial charge in [0.1, 0.15) is 29.6 Å². The van der Waals surface area contributed by atoms with Gasteiger partial charge in [0, 0.05) is 0 Å². The Hall–Kier alpha value is -2.07. The second-order valence-electron chi connectivity index (χ2n) is 5.87. The van der Waals surface area contributed by atoms with E-state index in [9.17, 15) is 15.3 Å². The van der Waals surface area contributed by atoms with Gasteiger partial charge in [-0.1, -0.05) is 5.57 Å². The molecule has 1 aliphatic heterocycles. The minimum absolute atomic E-state index is 0.0546. The van der Waals surface area contributed by atoms with Gasteiger partial charge in [0.05, 0.1) is 15.7 Å². The summed E-state index contributed by atoms with van der Waals surface area (Å²) in [5.41, 5.74) is 4.43. The van der Waals surface area contributed by atoms with Gasteiger partial charge in [0.2, 0.25) is 0 Å². The first-order chi connectivity index (χ1) is 12.1. The third-order valence-electron chi connectivity index (χ3n) is 4.08. The smallest absolute Gasteiger partial charge is 0.167 e. The number of nitrogens with two attached hydrogens (primary N) is 1. The molecule has 0 aliphatic carbocycles. The Balaban J connectivity index is 2.14. The molecule has 1 saturated heterocycles. The van der Waals surface area contributed by atoms with Crippen molar-refractivity contribution in [3.05, 3.63) is 24.8 Å². The maximum Gasteiger partial charge on any atom is 0.167 e. The number of aliphatic hydroxyl groups is 3. The van der Waals surface area contributed by atoms with Crippen molar-refractivity contribution in [3.63, 3.8) is 0 Å². The van der Waals surface area contributed by atoms with Crippen LogP contribution in [0.2, 0.25) is 0 Å². The van der Waals surface area contributed by atoms with Crippen LogP contribution in [0.25, 0.3) is 11.2 Å². The highest BCUT2D eigenvalue weighted by atomic mass is 16.6. The fraction of sp³-hybridized carbons (Fsp3) is 0.533. The molecule has 0 bridgehead atoms. The predicted octanol–water partition coefficient (Wildman–Crippen LogP) is -0.254. The molecule has 0 spiro atoms. The van der Waals surface area contributed by atoms with Gasteiger partial charge in [0.15, 0.2) is 17.7 Å². The van der Waals surface area contributed by atoms with Crippen LogP contribution in [-0.4, -0.2) is 59.2 Å². The topological polar surface area (TPSA) is 140 Å². The zero-order valence-electron chi connectivity index (χ0n) is 15.2. The lowest BCUT2D eigenvalue weighted by Gasteiger charge is -2.30. The third kappa shape index (κ3) is 2.55. The summed E-state index contributed by atoms with van der Waals surface area (Å²) >= 11 is 0. The minimum atomic E-state index is -2.85. The number of aromatic nitrogens is 4. The average molecular weight is 337 g/mol. The molecule has 2 aromatic rings. The number of ether oxygens (including phenoxy) is 1. The molecule has 3 rings (SSSR count). The van der Waals surface area contributed by atoms with E-state index in [4.69, 9.17) is 13.2 Å². The molecular weight excluding hydrogens is 314 g/mol. The summed E-state index contributed by atoms with van der Waals surface area (Å²) in [5.74, 6) is 0.0557. The number of fused-ring (bicyclic) bond motifs is 1. The van der Waals surface area contributed by atoms with Gasteiger partial charge >= 0.3 is 0 Å². The number of anilines is 1. The number of imidazole rings is 1. The largest absolute Gasteiger partial charge is 0.394 e. The number of hydrogen-bond donors (Lipinski definition) is 4. The van der Waals surface area contributed by atoms with Gasteiger partial charge in [-0.3, -0.25) is 4.57 Å². The predicted molar refractivity (Wildman–Crippen MR) is 85.7 cm³/mol. The molecule has 2 aromatic heterocycles. The summed E-state index contributed by atoms with van der Waals surface area (Å²) in [7, 11) is 0. The lowest BCUT2D eigenvalue weighted by molar-refractivity contribution is -0.0969. The molecule has 4 atom stereocenters. The summed E-state index contributed by atoms with van der Waals surface area (Å²) in [5, 5.41) is 31.5. The monoisotopic (exact) mass is 337 g/mol. The maximum absolute atomic E-state index is 11.0. The summed E-state index contributed by atoms with van der Waals surface area (Å²) < 4.78 is 23.5. The number of aliphatic hydroxyl groups excluding tert-OH is 1. The number of hydrogen-bond acceptors (Lipinski definition) is 8. The van der Waals surface area contributed by atoms with Crippen molar-refractivity contribution in [1.82, 2.24) is 19.5 Å². The second kappa shape index (κ2) is 6.10. The SMILES string of the molecule is [2H][C@@]1(O)[C@@](O)(CCC(=C)C)[C@@H](CO)O[C@@]1([2H])n1cnc2c(N)ncnc21. The van der Waals surface area contributed by atoms with Gasteiger partial charge < -0.3 is 25.8 Å². The molecular formula is C15H21N5O4. The molecule has 0 amide bonds. The summed E-state index contributed by atoms with van der Waals surface area (Å²) in [4.78, 5) is 11.8. The number of allylic oxidation sites excluding steroid dienone is 1. The van der Waals surface area contributed by atoms with Crippen molar-refractivity contribution in [3.8, 4) is 0 Å². The normalized spacial score (nSPS) is 37.4. The van der Waals surface area contributed by atoms with Crippen LogP contribution in [-0.2, 0) is 4.74 Å². The highest BCUT2D eigenvalue weighted by molar-refractivity contribution is 5.81. The molecule has 130 valence electrons. The Morgan fingerprint density at radius 2 is 2.29 bits per heavy atom. The van der Waals surface area contributed by atoms with Gasteiger partial charge in [-0.25, -0.2) is 15.0 Å². The first kappa shape index (κ1) is 14.3. The van der Waals surface area contributed by atoms with E-state index < -0.39 is 30.6 Å². The highest BCUT2D eigenvalue weighted by Gasteiger charge is 2.55. The first-order valence-electron chi connectivity index (χ1n) is 8.40. The maximum atomic E-state index is 11.0. The standard InChI is InChI=1S/C15H21N5O4/c1-8(2)3-4-15(23)9(5-21)24-14(11(15)22)20-7-19-10-12(16)17-6-18-13(10)20/h6-7,9,11,14,21-23H,1,3-5H2,2H3,(H2,16,17,18)/t9-,11+,14-,15-/m1/s1/i11D,14D. The third-order valence-corrected chi connectivity index (χ3v) is 4.08. The van der Waals surface area contributed by atoms with Crippen molar-refractivity contribution >= 4 is 17.0 Å². The lowest BCUT2D eigenvalue weighted by Crippen LogP contribution is -2.49. The Morgan fingerprint density at radius 3 is 2.96 bits per heavy atom. The van der Waals surface area contributed by atoms with E-state index in [-0.39, 0.29) is 29.8 Å². The number of rotatable bonds is 5. The lowest BCUT2D eigenvalue weighted by atomic mass is 9.86. The van der Waals surface area contributed by atoms with Crippen LogP contribution in [0.5, 0.6) is 0 Å². The van der Waals surface area contributed by atoms with Crippen LogP contribution in [0, 0.1) is 0 Å². The molecule has 0 unspecified atom stereocenters.